The number of imidazole rings is 1. The van der Waals surface area contributed by atoms with Crippen molar-refractivity contribution in [3.63, 3.8) is 0 Å². The summed E-state index contributed by atoms with van der Waals surface area (Å²) >= 11 is 5.92. The molecule has 1 rings (SSSR count). The van der Waals surface area contributed by atoms with Gasteiger partial charge in [-0.15, -0.1) is 0 Å². The molecule has 0 N–H and O–H groups in total. The fourth-order valence-electron chi connectivity index (χ4n) is 1.52. The average Bonchev–Trinajstić information content (AvgIpc) is 2.75. The van der Waals surface area contributed by atoms with Gasteiger partial charge in [0, 0.05) is 20.7 Å². The number of carbonyl (C=O) groups excluding carboxylic acids is 1. The van der Waals surface area contributed by atoms with E-state index in [1.807, 2.05) is 0 Å². The molecular weight excluding hydrogens is 322 g/mol. The van der Waals surface area contributed by atoms with Crippen LogP contribution in [0.1, 0.15) is 6.92 Å². The van der Waals surface area contributed by atoms with Gasteiger partial charge in [0.1, 0.15) is 11.7 Å². The number of rotatable bonds is 8. The van der Waals surface area contributed by atoms with E-state index in [9.17, 15) is 13.2 Å². The number of nitrogens with zero attached hydrogens (tertiary/aromatic N) is 3. The van der Waals surface area contributed by atoms with Gasteiger partial charge < -0.3 is 14.0 Å². The van der Waals surface area contributed by atoms with E-state index in [0.29, 0.717) is 0 Å². The second kappa shape index (κ2) is 7.74. The molecule has 0 bridgehead atoms. The predicted molar refractivity (Wildman–Crippen MR) is 75.5 cm³/mol. The van der Waals surface area contributed by atoms with Crippen molar-refractivity contribution in [2.24, 2.45) is 7.05 Å². The van der Waals surface area contributed by atoms with Gasteiger partial charge in [0.2, 0.25) is 5.03 Å². The molecule has 8 nitrogen and oxygen atoms in total. The van der Waals surface area contributed by atoms with Crippen LogP contribution in [-0.2, 0) is 31.3 Å². The highest BCUT2D eigenvalue weighted by Gasteiger charge is 2.31. The molecule has 0 saturated heterocycles. The van der Waals surface area contributed by atoms with Crippen molar-refractivity contribution in [1.29, 1.82) is 0 Å². The molecule has 0 aliphatic rings. The summed E-state index contributed by atoms with van der Waals surface area (Å²) in [5.41, 5.74) is 0. The summed E-state index contributed by atoms with van der Waals surface area (Å²) in [5, 5.41) is -0.326. The maximum atomic E-state index is 12.5. The highest BCUT2D eigenvalue weighted by molar-refractivity contribution is 7.89. The summed E-state index contributed by atoms with van der Waals surface area (Å²) < 4.78 is 37.0. The van der Waals surface area contributed by atoms with Gasteiger partial charge in [0.05, 0.1) is 19.5 Å². The van der Waals surface area contributed by atoms with E-state index in [0.717, 1.165) is 4.31 Å². The first-order valence-electron chi connectivity index (χ1n) is 6.16. The van der Waals surface area contributed by atoms with Crippen LogP contribution in [0.4, 0.5) is 0 Å². The number of hydrogen-bond donors (Lipinski definition) is 0. The summed E-state index contributed by atoms with van der Waals surface area (Å²) in [6.45, 7) is 1.50. The Labute approximate surface area is 128 Å². The molecule has 0 radical (unpaired) electrons. The van der Waals surface area contributed by atoms with Gasteiger partial charge in [0.25, 0.3) is 10.0 Å². The van der Waals surface area contributed by atoms with Gasteiger partial charge >= 0.3 is 5.97 Å². The second-order valence-corrected chi connectivity index (χ2v) is 6.30. The fourth-order valence-corrected chi connectivity index (χ4v) is 3.27. The Bertz CT molecular complexity index is 587. The number of methoxy groups -OCH3 is 1. The standard InChI is InChI=1S/C11H18ClN3O5S/c1-4-20-9(16)7-15(5-6-19-3)21(17,18)11-10(12)14(2)8-13-11/h8H,4-7H2,1-3H3. The zero-order valence-electron chi connectivity index (χ0n) is 12.1. The minimum atomic E-state index is -4.01. The quantitative estimate of drug-likeness (QED) is 0.632. The molecule has 0 atom stereocenters. The molecule has 0 unspecified atom stereocenters. The molecule has 0 fully saturated rings. The maximum Gasteiger partial charge on any atom is 0.321 e. The Morgan fingerprint density at radius 1 is 1.52 bits per heavy atom. The minimum Gasteiger partial charge on any atom is -0.465 e. The van der Waals surface area contributed by atoms with Gasteiger partial charge in [-0.3, -0.25) is 4.79 Å². The van der Waals surface area contributed by atoms with Crippen LogP contribution in [0.3, 0.4) is 0 Å². The summed E-state index contributed by atoms with van der Waals surface area (Å²) in [5.74, 6) is -0.649. The second-order valence-electron chi connectivity index (χ2n) is 4.09. The van der Waals surface area contributed by atoms with Gasteiger partial charge in [-0.25, -0.2) is 13.4 Å². The topological polar surface area (TPSA) is 90.7 Å². The highest BCUT2D eigenvalue weighted by Crippen LogP contribution is 2.22. The van der Waals surface area contributed by atoms with E-state index in [4.69, 9.17) is 21.1 Å². The van der Waals surface area contributed by atoms with E-state index in [1.165, 1.54) is 18.0 Å². The largest absolute Gasteiger partial charge is 0.465 e. The van der Waals surface area contributed by atoms with E-state index < -0.39 is 22.5 Å². The maximum absolute atomic E-state index is 12.5. The molecule has 0 aliphatic carbocycles. The Balaban J connectivity index is 3.05. The first kappa shape index (κ1) is 17.9. The lowest BCUT2D eigenvalue weighted by Gasteiger charge is -2.19. The number of ether oxygens (including phenoxy) is 2. The normalized spacial score (nSPS) is 11.9. The first-order valence-corrected chi connectivity index (χ1v) is 7.97. The number of aromatic nitrogens is 2. The third kappa shape index (κ3) is 4.40. The van der Waals surface area contributed by atoms with Gasteiger partial charge in [0.15, 0.2) is 0 Å². The molecule has 0 aromatic carbocycles. The van der Waals surface area contributed by atoms with E-state index in [2.05, 4.69) is 4.98 Å². The van der Waals surface area contributed by atoms with Crippen molar-refractivity contribution in [2.75, 3.05) is 33.4 Å². The number of esters is 1. The number of sulfonamides is 1. The number of carbonyl (C=O) groups is 1. The van der Waals surface area contributed by atoms with Crippen LogP contribution in [0.2, 0.25) is 5.15 Å². The van der Waals surface area contributed by atoms with Crippen LogP contribution in [0.5, 0.6) is 0 Å². The third-order valence-corrected chi connectivity index (χ3v) is 4.91. The molecule has 0 aliphatic heterocycles. The fraction of sp³-hybridized carbons (Fsp3) is 0.636. The first-order chi connectivity index (χ1) is 9.84. The highest BCUT2D eigenvalue weighted by atomic mass is 35.5. The number of aryl methyl sites for hydroxylation is 1. The van der Waals surface area contributed by atoms with Crippen LogP contribution in [-0.4, -0.2) is 61.7 Å². The molecule has 1 aromatic rings. The van der Waals surface area contributed by atoms with Crippen molar-refractivity contribution in [3.05, 3.63) is 11.5 Å². The molecule has 1 aromatic heterocycles. The van der Waals surface area contributed by atoms with E-state index in [-0.39, 0.29) is 29.9 Å². The lowest BCUT2D eigenvalue weighted by atomic mass is 10.6. The third-order valence-electron chi connectivity index (χ3n) is 2.57. The van der Waals surface area contributed by atoms with Crippen molar-refractivity contribution in [2.45, 2.75) is 11.9 Å². The molecule has 1 heterocycles. The van der Waals surface area contributed by atoms with Crippen molar-refractivity contribution in [1.82, 2.24) is 13.9 Å². The molecular formula is C11H18ClN3O5S. The van der Waals surface area contributed by atoms with Crippen LogP contribution in [0, 0.1) is 0 Å². The summed E-state index contributed by atoms with van der Waals surface area (Å²) in [4.78, 5) is 15.3. The van der Waals surface area contributed by atoms with Crippen molar-refractivity contribution < 1.29 is 22.7 Å². The average molecular weight is 340 g/mol. The van der Waals surface area contributed by atoms with Crippen molar-refractivity contribution >= 4 is 27.6 Å². The molecule has 0 spiro atoms. The summed E-state index contributed by atoms with van der Waals surface area (Å²) in [6, 6.07) is 0. The van der Waals surface area contributed by atoms with Gasteiger partial charge in [-0.05, 0) is 6.92 Å². The lowest BCUT2D eigenvalue weighted by molar-refractivity contribution is -0.143. The molecule has 120 valence electrons. The van der Waals surface area contributed by atoms with Gasteiger partial charge in [-0.2, -0.15) is 4.31 Å². The minimum absolute atomic E-state index is 0.00937. The molecule has 0 saturated carbocycles. The van der Waals surface area contributed by atoms with E-state index >= 15 is 0 Å². The monoisotopic (exact) mass is 339 g/mol. The smallest absolute Gasteiger partial charge is 0.321 e. The molecule has 10 heteroatoms. The molecule has 21 heavy (non-hydrogen) atoms. The zero-order chi connectivity index (χ0) is 16.0. The number of hydrogen-bond acceptors (Lipinski definition) is 6. The van der Waals surface area contributed by atoms with Gasteiger partial charge in [-0.1, -0.05) is 11.6 Å². The Hall–Kier alpha value is -1.16. The van der Waals surface area contributed by atoms with Crippen LogP contribution >= 0.6 is 11.6 Å². The molecule has 0 amide bonds. The van der Waals surface area contributed by atoms with E-state index in [1.54, 1.807) is 14.0 Å². The van der Waals surface area contributed by atoms with Crippen molar-refractivity contribution in [3.8, 4) is 0 Å². The van der Waals surface area contributed by atoms with Crippen LogP contribution < -0.4 is 0 Å². The van der Waals surface area contributed by atoms with Crippen LogP contribution in [0.25, 0.3) is 0 Å². The Morgan fingerprint density at radius 2 is 2.19 bits per heavy atom. The predicted octanol–water partition coefficient (Wildman–Crippen LogP) is 0.274. The number of halogens is 1. The Kier molecular flexibility index (Phi) is 6.59. The lowest BCUT2D eigenvalue weighted by Crippen LogP contribution is -2.39. The summed E-state index contributed by atoms with van der Waals surface area (Å²) in [6.07, 6.45) is 1.29. The SMILES string of the molecule is CCOC(=O)CN(CCOC)S(=O)(=O)c1ncn(C)c1Cl. The Morgan fingerprint density at radius 3 is 2.67 bits per heavy atom. The zero-order valence-corrected chi connectivity index (χ0v) is 13.6. The summed E-state index contributed by atoms with van der Waals surface area (Å²) in [7, 11) is -1.01. The van der Waals surface area contributed by atoms with Crippen LogP contribution in [0.15, 0.2) is 11.4 Å².